The van der Waals surface area contributed by atoms with E-state index in [-0.39, 0.29) is 5.97 Å². The van der Waals surface area contributed by atoms with Gasteiger partial charge in [0.05, 0.1) is 10.9 Å². The van der Waals surface area contributed by atoms with Crippen LogP contribution in [0.1, 0.15) is 26.3 Å². The number of fused-ring (bicyclic) bond motifs is 1. The number of nitrogens with one attached hydrogen (secondary N) is 1. The van der Waals surface area contributed by atoms with Crippen molar-refractivity contribution in [3.63, 3.8) is 0 Å². The third kappa shape index (κ3) is 3.03. The van der Waals surface area contributed by atoms with E-state index in [1.54, 1.807) is 6.20 Å². The number of esters is 1. The van der Waals surface area contributed by atoms with E-state index in [1.165, 1.54) is 0 Å². The second-order valence-corrected chi connectivity index (χ2v) is 6.84. The number of rotatable bonds is 2. The number of aromatic amines is 1. The highest BCUT2D eigenvalue weighted by molar-refractivity contribution is 9.10. The Morgan fingerprint density at radius 3 is 2.63 bits per heavy atom. The summed E-state index contributed by atoms with van der Waals surface area (Å²) in [5.74, 6) is 0.326. The molecule has 0 atom stereocenters. The number of aromatic nitrogens is 1. The smallest absolute Gasteiger partial charge is 0.316 e. The molecule has 2 rings (SSSR count). The monoisotopic (exact) mass is 387 g/mol. The van der Waals surface area contributed by atoms with Gasteiger partial charge in [0.25, 0.3) is 0 Å². The second-order valence-electron chi connectivity index (χ2n) is 5.43. The third-order valence-electron chi connectivity index (χ3n) is 2.73. The van der Waals surface area contributed by atoms with Crippen molar-refractivity contribution < 1.29 is 9.53 Å². The molecule has 1 heterocycles. The summed E-state index contributed by atoms with van der Waals surface area (Å²) >= 11 is 6.95. The lowest BCUT2D eigenvalue weighted by Gasteiger charge is -2.15. The standard InChI is InChI=1S/C14H15Br2NO2/c1-14(2,3)13(18)19-11-7-17-12-9(11)4-8(6-15)5-10(12)16/h4-5,7,17H,6H2,1-3H3. The maximum Gasteiger partial charge on any atom is 0.316 e. The van der Waals surface area contributed by atoms with Gasteiger partial charge in [0.15, 0.2) is 5.75 Å². The van der Waals surface area contributed by atoms with Crippen molar-refractivity contribution in [3.8, 4) is 5.75 Å². The van der Waals surface area contributed by atoms with Crippen LogP contribution in [0.25, 0.3) is 10.9 Å². The molecule has 2 aromatic rings. The lowest BCUT2D eigenvalue weighted by molar-refractivity contribution is -0.142. The summed E-state index contributed by atoms with van der Waals surface area (Å²) in [6.07, 6.45) is 1.72. The zero-order valence-electron chi connectivity index (χ0n) is 11.0. The molecule has 0 aliphatic carbocycles. The highest BCUT2D eigenvalue weighted by Gasteiger charge is 2.25. The van der Waals surface area contributed by atoms with Gasteiger partial charge in [-0.2, -0.15) is 0 Å². The van der Waals surface area contributed by atoms with Gasteiger partial charge in [-0.15, -0.1) is 0 Å². The van der Waals surface area contributed by atoms with Gasteiger partial charge < -0.3 is 9.72 Å². The van der Waals surface area contributed by atoms with E-state index in [2.05, 4.69) is 36.8 Å². The first-order chi connectivity index (χ1) is 8.82. The van der Waals surface area contributed by atoms with Crippen molar-refractivity contribution in [3.05, 3.63) is 28.4 Å². The summed E-state index contributed by atoms with van der Waals surface area (Å²) in [6.45, 7) is 5.51. The Hall–Kier alpha value is -0.810. The number of halogens is 2. The fourth-order valence-corrected chi connectivity index (χ4v) is 2.58. The number of ether oxygens (including phenoxy) is 1. The molecule has 5 heteroatoms. The van der Waals surface area contributed by atoms with Gasteiger partial charge in [-0.1, -0.05) is 15.9 Å². The molecule has 0 saturated carbocycles. The Labute approximate surface area is 129 Å². The SMILES string of the molecule is CC(C)(C)C(=O)Oc1c[nH]c2c(Br)cc(CBr)cc12. The molecule has 0 spiro atoms. The summed E-state index contributed by atoms with van der Waals surface area (Å²) in [5, 5.41) is 1.65. The first-order valence-electron chi connectivity index (χ1n) is 5.90. The fraction of sp³-hybridized carbons (Fsp3) is 0.357. The molecule has 1 N–H and O–H groups in total. The minimum Gasteiger partial charge on any atom is -0.424 e. The lowest BCUT2D eigenvalue weighted by atomic mass is 9.97. The van der Waals surface area contributed by atoms with Gasteiger partial charge in [-0.05, 0) is 54.4 Å². The van der Waals surface area contributed by atoms with Crippen LogP contribution < -0.4 is 4.74 Å². The summed E-state index contributed by atoms with van der Waals surface area (Å²) in [6, 6.07) is 4.04. The maximum atomic E-state index is 12.0. The zero-order chi connectivity index (χ0) is 14.2. The molecule has 0 radical (unpaired) electrons. The van der Waals surface area contributed by atoms with Crippen LogP contribution in [0.5, 0.6) is 5.75 Å². The predicted molar refractivity (Wildman–Crippen MR) is 83.7 cm³/mol. The van der Waals surface area contributed by atoms with Crippen LogP contribution in [0.4, 0.5) is 0 Å². The second kappa shape index (κ2) is 5.29. The fourth-order valence-electron chi connectivity index (χ4n) is 1.63. The molecular formula is C14H15Br2NO2. The number of H-pyrrole nitrogens is 1. The predicted octanol–water partition coefficient (Wildman–Crippen LogP) is 4.78. The first-order valence-corrected chi connectivity index (χ1v) is 7.82. The Balaban J connectivity index is 2.45. The van der Waals surface area contributed by atoms with E-state index < -0.39 is 5.41 Å². The van der Waals surface area contributed by atoms with Gasteiger partial charge in [0.2, 0.25) is 0 Å². The molecule has 0 saturated heterocycles. The zero-order valence-corrected chi connectivity index (χ0v) is 14.2. The maximum absolute atomic E-state index is 12.0. The van der Waals surface area contributed by atoms with E-state index >= 15 is 0 Å². The molecule has 19 heavy (non-hydrogen) atoms. The minimum atomic E-state index is -0.520. The van der Waals surface area contributed by atoms with Crippen molar-refractivity contribution in [1.29, 1.82) is 0 Å². The van der Waals surface area contributed by atoms with E-state index in [0.717, 1.165) is 26.3 Å². The van der Waals surface area contributed by atoms with Gasteiger partial charge in [0, 0.05) is 21.4 Å². The molecule has 0 bridgehead atoms. The Kier molecular flexibility index (Phi) is 4.06. The molecule has 0 amide bonds. The van der Waals surface area contributed by atoms with Crippen molar-refractivity contribution >= 4 is 48.7 Å². The molecular weight excluding hydrogens is 374 g/mol. The van der Waals surface area contributed by atoms with Gasteiger partial charge in [-0.25, -0.2) is 0 Å². The first kappa shape index (κ1) is 14.6. The summed E-state index contributed by atoms with van der Waals surface area (Å²) < 4.78 is 6.44. The average Bonchev–Trinajstić information content (AvgIpc) is 2.71. The highest BCUT2D eigenvalue weighted by atomic mass is 79.9. The van der Waals surface area contributed by atoms with Crippen LogP contribution in [0.15, 0.2) is 22.8 Å². The molecule has 102 valence electrons. The molecule has 1 aromatic heterocycles. The van der Waals surface area contributed by atoms with Crippen LogP contribution in [0.3, 0.4) is 0 Å². The van der Waals surface area contributed by atoms with Crippen molar-refractivity contribution in [2.45, 2.75) is 26.1 Å². The largest absolute Gasteiger partial charge is 0.424 e. The Morgan fingerprint density at radius 2 is 2.05 bits per heavy atom. The van der Waals surface area contributed by atoms with Crippen LogP contribution in [0.2, 0.25) is 0 Å². The molecule has 0 unspecified atom stereocenters. The molecule has 0 aliphatic rings. The van der Waals surface area contributed by atoms with E-state index in [1.807, 2.05) is 32.9 Å². The third-order valence-corrected chi connectivity index (χ3v) is 4.01. The normalized spacial score (nSPS) is 11.8. The number of alkyl halides is 1. The summed E-state index contributed by atoms with van der Waals surface area (Å²) in [7, 11) is 0. The topological polar surface area (TPSA) is 42.1 Å². The van der Waals surface area contributed by atoms with E-state index in [0.29, 0.717) is 5.75 Å². The van der Waals surface area contributed by atoms with Gasteiger partial charge >= 0.3 is 5.97 Å². The number of hydrogen-bond donors (Lipinski definition) is 1. The number of hydrogen-bond acceptors (Lipinski definition) is 2. The van der Waals surface area contributed by atoms with Gasteiger partial charge in [-0.3, -0.25) is 4.79 Å². The van der Waals surface area contributed by atoms with Crippen molar-refractivity contribution in [2.24, 2.45) is 5.41 Å². The summed E-state index contributed by atoms with van der Waals surface area (Å²) in [4.78, 5) is 15.1. The highest BCUT2D eigenvalue weighted by Crippen LogP contribution is 2.33. The molecule has 0 fully saturated rings. The van der Waals surface area contributed by atoms with Crippen molar-refractivity contribution in [2.75, 3.05) is 0 Å². The minimum absolute atomic E-state index is 0.242. The Morgan fingerprint density at radius 1 is 1.37 bits per heavy atom. The number of carbonyl (C=O) groups excluding carboxylic acids is 1. The average molecular weight is 389 g/mol. The molecule has 1 aromatic carbocycles. The lowest BCUT2D eigenvalue weighted by Crippen LogP contribution is -2.25. The number of carbonyl (C=O) groups is 1. The molecule has 0 aliphatic heterocycles. The van der Waals surface area contributed by atoms with Gasteiger partial charge in [0.1, 0.15) is 0 Å². The quantitative estimate of drug-likeness (QED) is 0.594. The van der Waals surface area contributed by atoms with Crippen LogP contribution in [-0.4, -0.2) is 11.0 Å². The van der Waals surface area contributed by atoms with E-state index in [4.69, 9.17) is 4.74 Å². The Bertz CT molecular complexity index is 626. The van der Waals surface area contributed by atoms with Crippen LogP contribution in [-0.2, 0) is 10.1 Å². The molecule has 3 nitrogen and oxygen atoms in total. The summed E-state index contributed by atoms with van der Waals surface area (Å²) in [5.41, 5.74) is 1.53. The van der Waals surface area contributed by atoms with E-state index in [9.17, 15) is 4.79 Å². The van der Waals surface area contributed by atoms with Crippen molar-refractivity contribution in [1.82, 2.24) is 4.98 Å². The van der Waals surface area contributed by atoms with Crippen LogP contribution >= 0.6 is 31.9 Å². The number of benzene rings is 1. The van der Waals surface area contributed by atoms with Crippen LogP contribution in [0, 0.1) is 5.41 Å².